The average molecular weight is 347 g/mol. The second-order valence-corrected chi connectivity index (χ2v) is 6.30. The van der Waals surface area contributed by atoms with Crippen LogP contribution in [-0.2, 0) is 17.6 Å². The second kappa shape index (κ2) is 7.33. The topological polar surface area (TPSA) is 78.5 Å². The Balaban J connectivity index is 1.80. The molecule has 2 N–H and O–H groups in total. The van der Waals surface area contributed by atoms with Gasteiger partial charge in [0.05, 0.1) is 31.5 Å². The quantitative estimate of drug-likeness (QED) is 0.860. The molecule has 7 heteroatoms. The van der Waals surface area contributed by atoms with Gasteiger partial charge < -0.3 is 14.7 Å². The van der Waals surface area contributed by atoms with Gasteiger partial charge in [-0.3, -0.25) is 9.89 Å². The zero-order chi connectivity index (χ0) is 17.9. The summed E-state index contributed by atoms with van der Waals surface area (Å²) in [7, 11) is 0. The van der Waals surface area contributed by atoms with E-state index in [9.17, 15) is 14.3 Å². The summed E-state index contributed by atoms with van der Waals surface area (Å²) in [4.78, 5) is 14.5. The first-order chi connectivity index (χ1) is 12.1. The van der Waals surface area contributed by atoms with Crippen LogP contribution in [0.15, 0.2) is 30.5 Å². The minimum atomic E-state index is -1.01. The van der Waals surface area contributed by atoms with Crippen molar-refractivity contribution in [2.45, 2.75) is 25.4 Å². The molecule has 1 saturated heterocycles. The highest BCUT2D eigenvalue weighted by molar-refractivity contribution is 5.95. The van der Waals surface area contributed by atoms with Crippen LogP contribution in [0.25, 0.3) is 0 Å². The molecule has 6 nitrogen and oxygen atoms in total. The van der Waals surface area contributed by atoms with E-state index in [0.717, 1.165) is 5.69 Å². The molecule has 1 aromatic carbocycles. The predicted octanol–water partition coefficient (Wildman–Crippen LogP) is 1.56. The van der Waals surface area contributed by atoms with Gasteiger partial charge in [-0.1, -0.05) is 25.1 Å². The molecule has 0 bridgehead atoms. The highest BCUT2D eigenvalue weighted by Crippen LogP contribution is 2.25. The number of hydrogen-bond acceptors (Lipinski definition) is 4. The van der Waals surface area contributed by atoms with E-state index >= 15 is 0 Å². The molecule has 1 unspecified atom stereocenters. The van der Waals surface area contributed by atoms with Crippen molar-refractivity contribution >= 4 is 5.91 Å². The van der Waals surface area contributed by atoms with E-state index in [2.05, 4.69) is 10.2 Å². The molecule has 1 fully saturated rings. The average Bonchev–Trinajstić information content (AvgIpc) is 3.12. The number of nitrogens with zero attached hydrogens (tertiary/aromatic N) is 2. The lowest BCUT2D eigenvalue weighted by atomic mass is 9.92. The number of aromatic nitrogens is 2. The number of morpholine rings is 1. The molecule has 1 amide bonds. The fraction of sp³-hybridized carbons (Fsp3) is 0.444. The lowest BCUT2D eigenvalue weighted by Crippen LogP contribution is -2.57. The number of aryl methyl sites for hydroxylation is 1. The molecular formula is C18H22FN3O3. The van der Waals surface area contributed by atoms with Gasteiger partial charge >= 0.3 is 0 Å². The zero-order valence-corrected chi connectivity index (χ0v) is 14.2. The summed E-state index contributed by atoms with van der Waals surface area (Å²) in [6.45, 7) is 2.56. The van der Waals surface area contributed by atoms with Crippen molar-refractivity contribution in [3.05, 3.63) is 53.1 Å². The first-order valence-electron chi connectivity index (χ1n) is 8.38. The van der Waals surface area contributed by atoms with Crippen molar-refractivity contribution in [2.75, 3.05) is 26.3 Å². The lowest BCUT2D eigenvalue weighted by Gasteiger charge is -2.42. The van der Waals surface area contributed by atoms with E-state index < -0.39 is 5.60 Å². The van der Waals surface area contributed by atoms with Crippen molar-refractivity contribution in [3.63, 3.8) is 0 Å². The molecule has 1 aromatic heterocycles. The number of aliphatic hydroxyl groups excluding tert-OH is 1. The van der Waals surface area contributed by atoms with E-state index in [1.165, 1.54) is 12.3 Å². The highest BCUT2D eigenvalue weighted by Gasteiger charge is 2.39. The third-order valence-electron chi connectivity index (χ3n) is 4.60. The Bertz CT molecular complexity index is 749. The SMILES string of the molecule is CCc1[nH]ncc1C(=O)N1CCOC(CO)(Cc2ccccc2F)C1. The molecule has 1 aliphatic heterocycles. The van der Waals surface area contributed by atoms with Crippen LogP contribution in [0.3, 0.4) is 0 Å². The molecule has 3 rings (SSSR count). The summed E-state index contributed by atoms with van der Waals surface area (Å²) in [5.74, 6) is -0.495. The van der Waals surface area contributed by atoms with Crippen molar-refractivity contribution < 1.29 is 19.0 Å². The lowest BCUT2D eigenvalue weighted by molar-refractivity contribution is -0.124. The maximum atomic E-state index is 14.0. The third kappa shape index (κ3) is 3.57. The van der Waals surface area contributed by atoms with Crippen LogP contribution in [0, 0.1) is 5.82 Å². The molecule has 0 aliphatic carbocycles. The van der Waals surface area contributed by atoms with E-state index in [-0.39, 0.29) is 31.3 Å². The van der Waals surface area contributed by atoms with Crippen LogP contribution < -0.4 is 0 Å². The van der Waals surface area contributed by atoms with Crippen LogP contribution in [0.1, 0.15) is 28.5 Å². The van der Waals surface area contributed by atoms with E-state index in [1.54, 1.807) is 23.1 Å². The number of aliphatic hydroxyl groups is 1. The molecule has 0 spiro atoms. The molecule has 1 atom stereocenters. The predicted molar refractivity (Wildman–Crippen MR) is 89.7 cm³/mol. The van der Waals surface area contributed by atoms with Crippen LogP contribution >= 0.6 is 0 Å². The number of benzene rings is 1. The summed E-state index contributed by atoms with van der Waals surface area (Å²) >= 11 is 0. The van der Waals surface area contributed by atoms with Gasteiger partial charge in [0.2, 0.25) is 0 Å². The van der Waals surface area contributed by atoms with Gasteiger partial charge in [-0.25, -0.2) is 4.39 Å². The number of carbonyl (C=O) groups is 1. The molecular weight excluding hydrogens is 325 g/mol. The third-order valence-corrected chi connectivity index (χ3v) is 4.60. The van der Waals surface area contributed by atoms with Crippen LogP contribution in [-0.4, -0.2) is 58.0 Å². The fourth-order valence-corrected chi connectivity index (χ4v) is 3.20. The molecule has 2 aromatic rings. The fourth-order valence-electron chi connectivity index (χ4n) is 3.20. The number of ether oxygens (including phenoxy) is 1. The van der Waals surface area contributed by atoms with Crippen LogP contribution in [0.5, 0.6) is 0 Å². The van der Waals surface area contributed by atoms with E-state index in [1.807, 2.05) is 6.92 Å². The Morgan fingerprint density at radius 3 is 3.00 bits per heavy atom. The standard InChI is InChI=1S/C18H22FN3O3/c1-2-16-14(10-20-21-16)17(24)22-7-8-25-18(11-22,12-23)9-13-5-3-4-6-15(13)19/h3-6,10,23H,2,7-9,11-12H2,1H3,(H,20,21). The number of amides is 1. The van der Waals surface area contributed by atoms with Gasteiger partial charge in [-0.05, 0) is 18.1 Å². The smallest absolute Gasteiger partial charge is 0.257 e. The maximum Gasteiger partial charge on any atom is 0.257 e. The van der Waals surface area contributed by atoms with Gasteiger partial charge in [0.15, 0.2) is 0 Å². The molecule has 0 saturated carbocycles. The normalized spacial score (nSPS) is 20.7. The molecule has 25 heavy (non-hydrogen) atoms. The summed E-state index contributed by atoms with van der Waals surface area (Å²) in [6.07, 6.45) is 2.39. The number of carbonyl (C=O) groups excluding carboxylic acids is 1. The number of hydrogen-bond donors (Lipinski definition) is 2. The van der Waals surface area contributed by atoms with E-state index in [0.29, 0.717) is 30.7 Å². The van der Waals surface area contributed by atoms with Crippen LogP contribution in [0.2, 0.25) is 0 Å². The van der Waals surface area contributed by atoms with Crippen molar-refractivity contribution in [1.82, 2.24) is 15.1 Å². The van der Waals surface area contributed by atoms with Gasteiger partial charge in [-0.2, -0.15) is 5.10 Å². The Morgan fingerprint density at radius 2 is 2.28 bits per heavy atom. The number of H-pyrrole nitrogens is 1. The summed E-state index contributed by atoms with van der Waals surface area (Å²) in [5.41, 5.74) is 0.761. The van der Waals surface area contributed by atoms with Crippen molar-refractivity contribution in [3.8, 4) is 0 Å². The maximum absolute atomic E-state index is 14.0. The molecule has 1 aliphatic rings. The number of halogens is 1. The Hall–Kier alpha value is -2.25. The summed E-state index contributed by atoms with van der Waals surface area (Å²) in [6, 6.07) is 6.41. The number of nitrogens with one attached hydrogen (secondary N) is 1. The molecule has 134 valence electrons. The second-order valence-electron chi connectivity index (χ2n) is 6.30. The molecule has 0 radical (unpaired) electrons. The zero-order valence-electron chi connectivity index (χ0n) is 14.2. The number of rotatable bonds is 5. The Labute approximate surface area is 145 Å². The van der Waals surface area contributed by atoms with Crippen molar-refractivity contribution in [2.24, 2.45) is 0 Å². The van der Waals surface area contributed by atoms with Crippen LogP contribution in [0.4, 0.5) is 4.39 Å². The Kier molecular flexibility index (Phi) is 5.15. The highest BCUT2D eigenvalue weighted by atomic mass is 19.1. The first-order valence-corrected chi connectivity index (χ1v) is 8.38. The van der Waals surface area contributed by atoms with Gasteiger partial charge in [0.25, 0.3) is 5.91 Å². The van der Waals surface area contributed by atoms with Gasteiger partial charge in [0.1, 0.15) is 11.4 Å². The summed E-state index contributed by atoms with van der Waals surface area (Å²) in [5, 5.41) is 16.7. The first kappa shape index (κ1) is 17.6. The van der Waals surface area contributed by atoms with E-state index in [4.69, 9.17) is 4.74 Å². The van der Waals surface area contributed by atoms with Gasteiger partial charge in [0, 0.05) is 18.7 Å². The van der Waals surface area contributed by atoms with Crippen molar-refractivity contribution in [1.29, 1.82) is 0 Å². The number of aromatic amines is 1. The molecule has 2 heterocycles. The monoisotopic (exact) mass is 347 g/mol. The summed E-state index contributed by atoms with van der Waals surface area (Å²) < 4.78 is 19.8. The van der Waals surface area contributed by atoms with Gasteiger partial charge in [-0.15, -0.1) is 0 Å². The minimum Gasteiger partial charge on any atom is -0.393 e. The largest absolute Gasteiger partial charge is 0.393 e. The minimum absolute atomic E-state index is 0.153. The Morgan fingerprint density at radius 1 is 1.48 bits per heavy atom.